The molecule has 29 heavy (non-hydrogen) atoms. The molecule has 6 heteroatoms. The Morgan fingerprint density at radius 1 is 0.862 bits per heavy atom. The standard InChI is InChI=1S/C23H39N2O3S/c1-3-5-6-7-8-9-10-11-12-13-15-18-22(4-2)24-29(27,28)25(21-26)23-19-16-14-17-20-23/h14,16-17,19-20,22,24H,3-13,15,18H2,1-2H3. The van der Waals surface area contributed by atoms with Gasteiger partial charge < -0.3 is 0 Å². The molecule has 0 heterocycles. The van der Waals surface area contributed by atoms with Gasteiger partial charge in [0.05, 0.1) is 5.69 Å². The smallest absolute Gasteiger partial charge is 0.262 e. The Hall–Kier alpha value is -1.40. The minimum absolute atomic E-state index is 0.168. The number of hydrogen-bond acceptors (Lipinski definition) is 3. The summed E-state index contributed by atoms with van der Waals surface area (Å²) in [6.45, 7) is 4.21. The number of nitrogens with one attached hydrogen (secondary N) is 1. The van der Waals surface area contributed by atoms with Crippen molar-refractivity contribution < 1.29 is 13.2 Å². The molecule has 0 aliphatic heterocycles. The molecule has 165 valence electrons. The minimum Gasteiger partial charge on any atom is -0.262 e. The van der Waals surface area contributed by atoms with E-state index in [1.54, 1.807) is 30.3 Å². The summed E-state index contributed by atoms with van der Waals surface area (Å²) in [6.07, 6.45) is 17.0. The van der Waals surface area contributed by atoms with Gasteiger partial charge in [-0.3, -0.25) is 4.79 Å². The maximum atomic E-state index is 12.6. The van der Waals surface area contributed by atoms with Gasteiger partial charge in [-0.05, 0) is 25.0 Å². The molecule has 1 aromatic carbocycles. The minimum atomic E-state index is -3.94. The molecule has 0 spiro atoms. The largest absolute Gasteiger partial charge is 0.332 e. The molecule has 0 saturated heterocycles. The summed E-state index contributed by atoms with van der Waals surface area (Å²) in [4.78, 5) is 11.3. The van der Waals surface area contributed by atoms with E-state index < -0.39 is 10.2 Å². The number of anilines is 1. The van der Waals surface area contributed by atoms with Crippen LogP contribution in [0.3, 0.4) is 0 Å². The molecule has 1 amide bonds. The summed E-state index contributed by atoms with van der Waals surface area (Å²) in [7, 11) is -3.94. The van der Waals surface area contributed by atoms with E-state index >= 15 is 0 Å². The number of carbonyl (C=O) groups excluding carboxylic acids is 1. The Balaban J connectivity index is 2.27. The number of nitrogens with zero attached hydrogens (tertiary/aromatic N) is 1. The second-order valence-corrected chi connectivity index (χ2v) is 9.29. The van der Waals surface area contributed by atoms with Crippen LogP contribution in [0.25, 0.3) is 0 Å². The lowest BCUT2D eigenvalue weighted by atomic mass is 10.0. The summed E-state index contributed by atoms with van der Waals surface area (Å²) in [6, 6.07) is 8.14. The molecule has 0 bridgehead atoms. The van der Waals surface area contributed by atoms with Gasteiger partial charge in [0.2, 0.25) is 0 Å². The molecule has 1 rings (SSSR count). The highest BCUT2D eigenvalue weighted by atomic mass is 32.2. The fourth-order valence-electron chi connectivity index (χ4n) is 3.47. The third-order valence-corrected chi connectivity index (χ3v) is 6.68. The zero-order valence-corrected chi connectivity index (χ0v) is 19.1. The van der Waals surface area contributed by atoms with Crippen molar-refractivity contribution in [1.29, 1.82) is 0 Å². The number of para-hydroxylation sites is 1. The lowest BCUT2D eigenvalue weighted by molar-refractivity contribution is 0.481. The zero-order valence-electron chi connectivity index (χ0n) is 18.2. The normalized spacial score (nSPS) is 12.6. The van der Waals surface area contributed by atoms with Crippen LogP contribution in [0.5, 0.6) is 0 Å². The van der Waals surface area contributed by atoms with Gasteiger partial charge in [0, 0.05) is 6.04 Å². The van der Waals surface area contributed by atoms with Crippen LogP contribution < -0.4 is 9.03 Å². The second kappa shape index (κ2) is 15.4. The molecule has 0 aromatic heterocycles. The van der Waals surface area contributed by atoms with E-state index in [1.165, 1.54) is 64.2 Å². The van der Waals surface area contributed by atoms with Crippen molar-refractivity contribution in [2.24, 2.45) is 0 Å². The van der Waals surface area contributed by atoms with Gasteiger partial charge in [0.25, 0.3) is 0 Å². The van der Waals surface area contributed by atoms with Crippen molar-refractivity contribution >= 4 is 22.3 Å². The first-order chi connectivity index (χ1) is 14.0. The Morgan fingerprint density at radius 3 is 1.86 bits per heavy atom. The Labute approximate surface area is 178 Å². The molecule has 0 saturated carbocycles. The van der Waals surface area contributed by atoms with E-state index in [4.69, 9.17) is 0 Å². The molecule has 1 atom stereocenters. The van der Waals surface area contributed by atoms with Crippen molar-refractivity contribution in [3.05, 3.63) is 30.3 Å². The number of amides is 1. The van der Waals surface area contributed by atoms with Crippen LogP contribution in [0.15, 0.2) is 30.3 Å². The maximum Gasteiger partial charge on any atom is 0.332 e. The van der Waals surface area contributed by atoms with Crippen LogP contribution in [0.4, 0.5) is 5.69 Å². The monoisotopic (exact) mass is 423 g/mol. The van der Waals surface area contributed by atoms with Crippen molar-refractivity contribution in [3.63, 3.8) is 0 Å². The van der Waals surface area contributed by atoms with Gasteiger partial charge in [0.1, 0.15) is 0 Å². The van der Waals surface area contributed by atoms with Crippen LogP contribution in [-0.2, 0) is 15.0 Å². The highest BCUT2D eigenvalue weighted by Crippen LogP contribution is 2.17. The molecule has 1 aromatic rings. The topological polar surface area (TPSA) is 66.5 Å². The van der Waals surface area contributed by atoms with Crippen LogP contribution >= 0.6 is 0 Å². The summed E-state index contributed by atoms with van der Waals surface area (Å²) < 4.78 is 28.5. The molecule has 1 unspecified atom stereocenters. The molecule has 0 aliphatic rings. The first-order valence-electron chi connectivity index (χ1n) is 11.3. The van der Waals surface area contributed by atoms with Crippen LogP contribution in [0, 0.1) is 0 Å². The van der Waals surface area contributed by atoms with Crippen LogP contribution in [-0.4, -0.2) is 20.9 Å². The van der Waals surface area contributed by atoms with E-state index in [0.29, 0.717) is 16.4 Å². The van der Waals surface area contributed by atoms with E-state index in [2.05, 4.69) is 11.6 Å². The van der Waals surface area contributed by atoms with Crippen molar-refractivity contribution in [2.45, 2.75) is 103 Å². The number of rotatable bonds is 18. The zero-order chi connectivity index (χ0) is 21.4. The lowest BCUT2D eigenvalue weighted by Crippen LogP contribution is -2.44. The molecule has 1 radical (unpaired) electrons. The van der Waals surface area contributed by atoms with Gasteiger partial charge in [-0.25, -0.2) is 0 Å². The molecule has 5 nitrogen and oxygen atoms in total. The second-order valence-electron chi connectivity index (χ2n) is 7.74. The fraction of sp³-hybridized carbons (Fsp3) is 0.696. The Morgan fingerprint density at radius 2 is 1.38 bits per heavy atom. The fourth-order valence-corrected chi connectivity index (χ4v) is 4.78. The molecular formula is C23H39N2O3S. The van der Waals surface area contributed by atoms with Gasteiger partial charge in [-0.1, -0.05) is 103 Å². The van der Waals surface area contributed by atoms with E-state index in [1.807, 2.05) is 6.92 Å². The van der Waals surface area contributed by atoms with E-state index in [-0.39, 0.29) is 6.04 Å². The average Bonchev–Trinajstić information content (AvgIpc) is 2.72. The van der Waals surface area contributed by atoms with Crippen molar-refractivity contribution in [1.82, 2.24) is 4.72 Å². The summed E-state index contributed by atoms with van der Waals surface area (Å²) in [5, 5.41) is 0. The van der Waals surface area contributed by atoms with E-state index in [0.717, 1.165) is 19.3 Å². The third-order valence-electron chi connectivity index (χ3n) is 5.28. The van der Waals surface area contributed by atoms with Crippen molar-refractivity contribution in [3.8, 4) is 0 Å². The summed E-state index contributed by atoms with van der Waals surface area (Å²) >= 11 is 0. The predicted molar refractivity (Wildman–Crippen MR) is 122 cm³/mol. The van der Waals surface area contributed by atoms with Crippen LogP contribution in [0.2, 0.25) is 0 Å². The van der Waals surface area contributed by atoms with Gasteiger partial charge in [-0.15, -0.1) is 0 Å². The average molecular weight is 424 g/mol. The van der Waals surface area contributed by atoms with Gasteiger partial charge in [0.15, 0.2) is 0 Å². The molecule has 1 N–H and O–H groups in total. The predicted octanol–water partition coefficient (Wildman–Crippen LogP) is 5.87. The third kappa shape index (κ3) is 10.8. The van der Waals surface area contributed by atoms with E-state index in [9.17, 15) is 13.2 Å². The Kier molecular flexibility index (Phi) is 13.7. The number of hydrogen-bond donors (Lipinski definition) is 1. The highest BCUT2D eigenvalue weighted by molar-refractivity contribution is 7.91. The first kappa shape index (κ1) is 25.6. The first-order valence-corrected chi connectivity index (χ1v) is 12.7. The van der Waals surface area contributed by atoms with Crippen molar-refractivity contribution in [2.75, 3.05) is 4.31 Å². The Bertz CT molecular complexity index is 635. The quantitative estimate of drug-likeness (QED) is 0.237. The van der Waals surface area contributed by atoms with Gasteiger partial charge in [-0.2, -0.15) is 17.4 Å². The number of unbranched alkanes of at least 4 members (excludes halogenated alkanes) is 10. The molecular weight excluding hydrogens is 384 g/mol. The summed E-state index contributed by atoms with van der Waals surface area (Å²) in [5.41, 5.74) is 0.291. The van der Waals surface area contributed by atoms with Gasteiger partial charge >= 0.3 is 16.6 Å². The maximum absolute atomic E-state index is 12.6. The lowest BCUT2D eigenvalue weighted by Gasteiger charge is -2.22. The summed E-state index contributed by atoms with van der Waals surface area (Å²) in [5.74, 6) is 0. The van der Waals surface area contributed by atoms with Crippen LogP contribution in [0.1, 0.15) is 97.3 Å². The molecule has 0 aliphatic carbocycles. The molecule has 0 fully saturated rings. The highest BCUT2D eigenvalue weighted by Gasteiger charge is 2.25. The SMILES string of the molecule is CCCCCCCCCCCCCC(CC)NS(=O)(=O)N([C]=O)c1ccccc1. The number of benzene rings is 1.